The van der Waals surface area contributed by atoms with Crippen LogP contribution >= 0.6 is 0 Å². The van der Waals surface area contributed by atoms with Crippen LogP contribution in [0, 0.1) is 6.92 Å². The summed E-state index contributed by atoms with van der Waals surface area (Å²) in [6.45, 7) is 4.30. The molecule has 4 heterocycles. The minimum atomic E-state index is -0.270. The van der Waals surface area contributed by atoms with Crippen molar-refractivity contribution in [3.8, 4) is 0 Å². The van der Waals surface area contributed by atoms with Crippen LogP contribution in [0.3, 0.4) is 0 Å². The van der Waals surface area contributed by atoms with Crippen molar-refractivity contribution in [2.75, 3.05) is 19.7 Å². The minimum absolute atomic E-state index is 0.0601. The molecule has 6 heteroatoms. The minimum Gasteiger partial charge on any atom is -0.459 e. The van der Waals surface area contributed by atoms with Gasteiger partial charge in [0, 0.05) is 31.0 Å². The number of hydrogen-bond acceptors (Lipinski definition) is 5. The van der Waals surface area contributed by atoms with Gasteiger partial charge in [-0.3, -0.25) is 9.78 Å². The van der Waals surface area contributed by atoms with Crippen LogP contribution in [0.4, 0.5) is 0 Å². The fourth-order valence-electron chi connectivity index (χ4n) is 3.57. The lowest BCUT2D eigenvalue weighted by Crippen LogP contribution is -2.67. The van der Waals surface area contributed by atoms with Crippen LogP contribution in [0.15, 0.2) is 41.3 Å². The number of likely N-dealkylation sites (tertiary alicyclic amines) is 1. The molecule has 2 aliphatic heterocycles. The molecule has 1 atom stereocenters. The summed E-state index contributed by atoms with van der Waals surface area (Å²) in [4.78, 5) is 18.4. The van der Waals surface area contributed by atoms with E-state index in [0.29, 0.717) is 32.1 Å². The molecule has 2 aromatic rings. The highest BCUT2D eigenvalue weighted by Gasteiger charge is 2.50. The molecule has 1 spiro atoms. The van der Waals surface area contributed by atoms with Crippen LogP contribution in [-0.4, -0.2) is 47.2 Å². The molecule has 2 aromatic heterocycles. The highest BCUT2D eigenvalue weighted by molar-refractivity contribution is 5.93. The van der Waals surface area contributed by atoms with Crippen molar-refractivity contribution in [1.29, 1.82) is 0 Å². The Kier molecular flexibility index (Phi) is 4.31. The van der Waals surface area contributed by atoms with E-state index in [1.54, 1.807) is 17.4 Å². The largest absolute Gasteiger partial charge is 0.459 e. The summed E-state index contributed by atoms with van der Waals surface area (Å²) in [7, 11) is 0. The van der Waals surface area contributed by atoms with Gasteiger partial charge in [0.1, 0.15) is 5.60 Å². The smallest absolute Gasteiger partial charge is 0.290 e. The second-order valence-electron chi connectivity index (χ2n) is 6.91. The first-order valence-electron chi connectivity index (χ1n) is 8.63. The number of rotatable bonds is 4. The van der Waals surface area contributed by atoms with E-state index >= 15 is 0 Å². The summed E-state index contributed by atoms with van der Waals surface area (Å²) >= 11 is 0. The molecule has 0 saturated carbocycles. The molecule has 2 aliphatic rings. The van der Waals surface area contributed by atoms with Crippen molar-refractivity contribution in [3.63, 3.8) is 0 Å². The molecule has 0 N–H and O–H groups in total. The lowest BCUT2D eigenvalue weighted by atomic mass is 9.84. The molecule has 0 radical (unpaired) electrons. The monoisotopic (exact) mass is 342 g/mol. The fraction of sp³-hybridized carbons (Fsp3) is 0.474. The summed E-state index contributed by atoms with van der Waals surface area (Å²) in [5.41, 5.74) is 1.67. The van der Waals surface area contributed by atoms with Gasteiger partial charge in [-0.2, -0.15) is 0 Å². The lowest BCUT2D eigenvalue weighted by molar-refractivity contribution is -0.188. The summed E-state index contributed by atoms with van der Waals surface area (Å²) < 4.78 is 17.3. The van der Waals surface area contributed by atoms with E-state index in [1.165, 1.54) is 0 Å². The maximum Gasteiger partial charge on any atom is 0.290 e. The third-order valence-corrected chi connectivity index (χ3v) is 4.96. The molecular weight excluding hydrogens is 320 g/mol. The zero-order valence-electron chi connectivity index (χ0n) is 14.3. The molecule has 0 unspecified atom stereocenters. The van der Waals surface area contributed by atoms with Crippen molar-refractivity contribution in [3.05, 3.63) is 53.7 Å². The number of furan rings is 1. The van der Waals surface area contributed by atoms with E-state index in [1.807, 2.05) is 31.3 Å². The van der Waals surface area contributed by atoms with E-state index < -0.39 is 0 Å². The average Bonchev–Trinajstić information content (AvgIpc) is 3.04. The Morgan fingerprint density at radius 2 is 2.32 bits per heavy atom. The third-order valence-electron chi connectivity index (χ3n) is 4.96. The van der Waals surface area contributed by atoms with Gasteiger partial charge in [-0.1, -0.05) is 6.07 Å². The summed E-state index contributed by atoms with van der Waals surface area (Å²) in [6.07, 6.45) is 6.98. The Hall–Kier alpha value is -2.18. The second-order valence-corrected chi connectivity index (χ2v) is 6.91. The number of carbonyl (C=O) groups is 1. The highest BCUT2D eigenvalue weighted by atomic mass is 16.5. The Labute approximate surface area is 146 Å². The van der Waals surface area contributed by atoms with Crippen LogP contribution in [0.5, 0.6) is 0 Å². The van der Waals surface area contributed by atoms with Gasteiger partial charge in [0.15, 0.2) is 5.76 Å². The summed E-state index contributed by atoms with van der Waals surface area (Å²) in [5, 5.41) is 0. The Morgan fingerprint density at radius 3 is 3.04 bits per heavy atom. The first-order chi connectivity index (χ1) is 12.2. The van der Waals surface area contributed by atoms with E-state index in [4.69, 9.17) is 13.9 Å². The van der Waals surface area contributed by atoms with Gasteiger partial charge in [-0.15, -0.1) is 0 Å². The van der Waals surface area contributed by atoms with Gasteiger partial charge in [0.05, 0.1) is 32.1 Å². The molecule has 6 nitrogen and oxygen atoms in total. The standard InChI is InChI=1S/C19H22N2O4/c1-14-4-7-23-17(14)18(22)21-12-19(13-21)9-16(5-8-25-19)24-11-15-3-2-6-20-10-15/h2-4,6-7,10,16H,5,8-9,11-13H2,1H3/t16-/m1/s1. The lowest BCUT2D eigenvalue weighted by Gasteiger charge is -2.52. The number of nitrogens with zero attached hydrogens (tertiary/aromatic N) is 2. The van der Waals surface area contributed by atoms with Crippen molar-refractivity contribution in [2.24, 2.45) is 0 Å². The number of carbonyl (C=O) groups excluding carboxylic acids is 1. The number of amides is 1. The van der Waals surface area contributed by atoms with Crippen LogP contribution in [-0.2, 0) is 16.1 Å². The molecule has 4 rings (SSSR count). The van der Waals surface area contributed by atoms with E-state index in [9.17, 15) is 4.79 Å². The van der Waals surface area contributed by atoms with Crippen molar-refractivity contribution in [1.82, 2.24) is 9.88 Å². The van der Waals surface area contributed by atoms with Crippen molar-refractivity contribution < 1.29 is 18.7 Å². The zero-order chi connectivity index (χ0) is 17.3. The van der Waals surface area contributed by atoms with Crippen LogP contribution in [0.25, 0.3) is 0 Å². The SMILES string of the molecule is Cc1ccoc1C(=O)N1CC2(C[C@H](OCc3cccnc3)CCO2)C1. The zero-order valence-corrected chi connectivity index (χ0v) is 14.3. The Bertz CT molecular complexity index is 737. The maximum absolute atomic E-state index is 12.5. The normalized spacial score (nSPS) is 22.0. The molecule has 0 bridgehead atoms. The number of ether oxygens (including phenoxy) is 2. The quantitative estimate of drug-likeness (QED) is 0.854. The van der Waals surface area contributed by atoms with Gasteiger partial charge in [0.2, 0.25) is 0 Å². The van der Waals surface area contributed by atoms with E-state index in [0.717, 1.165) is 24.0 Å². The van der Waals surface area contributed by atoms with Crippen LogP contribution < -0.4 is 0 Å². The average molecular weight is 342 g/mol. The molecule has 25 heavy (non-hydrogen) atoms. The fourth-order valence-corrected chi connectivity index (χ4v) is 3.57. The molecule has 0 aromatic carbocycles. The van der Waals surface area contributed by atoms with Gasteiger partial charge in [0.25, 0.3) is 5.91 Å². The molecular formula is C19H22N2O4. The van der Waals surface area contributed by atoms with Gasteiger partial charge >= 0.3 is 0 Å². The van der Waals surface area contributed by atoms with Gasteiger partial charge in [-0.25, -0.2) is 0 Å². The molecule has 132 valence electrons. The number of aryl methyl sites for hydroxylation is 1. The number of pyridine rings is 1. The molecule has 2 saturated heterocycles. The highest BCUT2D eigenvalue weighted by Crippen LogP contribution is 2.36. The van der Waals surface area contributed by atoms with Crippen LogP contribution in [0.1, 0.15) is 34.5 Å². The predicted octanol–water partition coefficient (Wildman–Crippen LogP) is 2.57. The summed E-state index contributed by atoms with van der Waals surface area (Å²) in [5.74, 6) is 0.366. The first kappa shape index (κ1) is 16.3. The van der Waals surface area contributed by atoms with Gasteiger partial charge < -0.3 is 18.8 Å². The molecule has 0 aliphatic carbocycles. The van der Waals surface area contributed by atoms with Crippen LogP contribution in [0.2, 0.25) is 0 Å². The second kappa shape index (κ2) is 6.61. The van der Waals surface area contributed by atoms with Crippen molar-refractivity contribution >= 4 is 5.91 Å². The van der Waals surface area contributed by atoms with E-state index in [-0.39, 0.29) is 17.6 Å². The predicted molar refractivity (Wildman–Crippen MR) is 90.1 cm³/mol. The number of hydrogen-bond donors (Lipinski definition) is 0. The van der Waals surface area contributed by atoms with Gasteiger partial charge in [-0.05, 0) is 31.0 Å². The summed E-state index contributed by atoms with van der Waals surface area (Å²) in [6, 6.07) is 5.73. The topological polar surface area (TPSA) is 64.8 Å². The van der Waals surface area contributed by atoms with Crippen molar-refractivity contribution in [2.45, 2.75) is 38.1 Å². The Morgan fingerprint density at radius 1 is 1.44 bits per heavy atom. The third kappa shape index (κ3) is 3.32. The number of aromatic nitrogens is 1. The first-order valence-corrected chi connectivity index (χ1v) is 8.63. The molecule has 1 amide bonds. The maximum atomic E-state index is 12.5. The van der Waals surface area contributed by atoms with E-state index in [2.05, 4.69) is 4.98 Å². The molecule has 2 fully saturated rings. The Balaban J connectivity index is 1.32.